The van der Waals surface area contributed by atoms with Crippen molar-refractivity contribution in [3.63, 3.8) is 0 Å². The first kappa shape index (κ1) is 23.4. The molecule has 0 radical (unpaired) electrons. The van der Waals surface area contributed by atoms with Crippen molar-refractivity contribution in [3.05, 3.63) is 0 Å². The van der Waals surface area contributed by atoms with Crippen LogP contribution in [-0.2, 0) is 23.8 Å². The number of hydrogen-bond acceptors (Lipinski definition) is 8. The van der Waals surface area contributed by atoms with Crippen LogP contribution in [0.1, 0.15) is 66.2 Å². The molecule has 0 bridgehead atoms. The van der Waals surface area contributed by atoms with E-state index in [1.54, 1.807) is 0 Å². The monoisotopic (exact) mass is 426 g/mol. The maximum atomic E-state index is 13.6. The Hall–Kier alpha value is -1.22. The Morgan fingerprint density at radius 1 is 1.00 bits per heavy atom. The van der Waals surface area contributed by atoms with Crippen molar-refractivity contribution in [2.24, 2.45) is 5.92 Å². The van der Waals surface area contributed by atoms with Crippen molar-refractivity contribution < 1.29 is 28.9 Å². The summed E-state index contributed by atoms with van der Waals surface area (Å²) in [6.45, 7) is 10.1. The highest BCUT2D eigenvalue weighted by Crippen LogP contribution is 2.38. The highest BCUT2D eigenvalue weighted by molar-refractivity contribution is 5.79. The lowest BCUT2D eigenvalue weighted by Gasteiger charge is -2.53. The van der Waals surface area contributed by atoms with Gasteiger partial charge in [-0.25, -0.2) is 9.69 Å². The molecule has 0 amide bonds. The quantitative estimate of drug-likeness (QED) is 0.618. The van der Waals surface area contributed by atoms with Gasteiger partial charge in [0.05, 0.1) is 24.7 Å². The lowest BCUT2D eigenvalue weighted by atomic mass is 9.87. The fraction of sp³-hybridized carbons (Fsp3) is 0.909. The van der Waals surface area contributed by atoms with E-state index in [1.165, 1.54) is 0 Å². The highest BCUT2D eigenvalue weighted by Gasteiger charge is 2.58. The van der Waals surface area contributed by atoms with Gasteiger partial charge in [0, 0.05) is 26.2 Å². The summed E-state index contributed by atoms with van der Waals surface area (Å²) in [6, 6.07) is 0. The van der Waals surface area contributed by atoms with Gasteiger partial charge in [0.15, 0.2) is 0 Å². The molecule has 0 aromatic rings. The van der Waals surface area contributed by atoms with Crippen molar-refractivity contribution in [2.45, 2.75) is 89.9 Å². The van der Waals surface area contributed by atoms with E-state index in [2.05, 4.69) is 4.90 Å². The van der Waals surface area contributed by atoms with E-state index in [-0.39, 0.29) is 18.0 Å². The number of ether oxygens (including phenoxy) is 3. The topological polar surface area (TPSA) is 88.5 Å². The number of hydrogen-bond donors (Lipinski definition) is 1. The molecule has 1 N–H and O–H groups in total. The molecule has 0 aromatic carbocycles. The normalized spacial score (nSPS) is 28.6. The molecule has 2 aliphatic heterocycles. The molecule has 172 valence electrons. The number of esters is 2. The second kappa shape index (κ2) is 9.51. The van der Waals surface area contributed by atoms with Crippen molar-refractivity contribution in [3.8, 4) is 0 Å². The fourth-order valence-electron chi connectivity index (χ4n) is 4.63. The Kier molecular flexibility index (Phi) is 7.43. The third-order valence-electron chi connectivity index (χ3n) is 6.12. The first-order chi connectivity index (χ1) is 14.2. The van der Waals surface area contributed by atoms with Crippen molar-refractivity contribution in [2.75, 3.05) is 32.8 Å². The molecule has 30 heavy (non-hydrogen) atoms. The summed E-state index contributed by atoms with van der Waals surface area (Å²) in [7, 11) is 0. The summed E-state index contributed by atoms with van der Waals surface area (Å²) < 4.78 is 17.6. The Bertz CT molecular complexity index is 601. The molecule has 0 aromatic heterocycles. The molecule has 2 heterocycles. The Morgan fingerprint density at radius 3 is 2.10 bits per heavy atom. The third kappa shape index (κ3) is 5.15. The largest absolute Gasteiger partial charge is 0.466 e. The lowest BCUT2D eigenvalue weighted by Crippen LogP contribution is -2.74. The van der Waals surface area contributed by atoms with Gasteiger partial charge in [0.1, 0.15) is 5.60 Å². The van der Waals surface area contributed by atoms with E-state index in [9.17, 15) is 14.7 Å². The molecule has 1 unspecified atom stereocenters. The van der Waals surface area contributed by atoms with Crippen LogP contribution in [0.2, 0.25) is 0 Å². The minimum atomic E-state index is -1.32. The number of β-amino-alcohol motifs (C(OH)–C–C–N with tert-alkyl or cyclic N) is 1. The van der Waals surface area contributed by atoms with Gasteiger partial charge >= 0.3 is 11.9 Å². The molecule has 1 aliphatic carbocycles. The average molecular weight is 427 g/mol. The zero-order valence-electron chi connectivity index (χ0n) is 18.9. The van der Waals surface area contributed by atoms with Crippen LogP contribution in [0.15, 0.2) is 0 Å². The van der Waals surface area contributed by atoms with Crippen LogP contribution in [0.3, 0.4) is 0 Å². The van der Waals surface area contributed by atoms with E-state index in [1.807, 2.05) is 32.6 Å². The summed E-state index contributed by atoms with van der Waals surface area (Å²) in [6.07, 6.45) is 4.16. The molecule has 1 atom stereocenters. The lowest BCUT2D eigenvalue weighted by molar-refractivity contribution is -0.298. The number of aliphatic hydroxyl groups is 1. The summed E-state index contributed by atoms with van der Waals surface area (Å²) >= 11 is 0. The van der Waals surface area contributed by atoms with Gasteiger partial charge < -0.3 is 19.3 Å². The number of carbonyl (C=O) groups is 2. The predicted octanol–water partition coefficient (Wildman–Crippen LogP) is 1.89. The van der Waals surface area contributed by atoms with Gasteiger partial charge in [0.2, 0.25) is 0 Å². The third-order valence-corrected chi connectivity index (χ3v) is 6.12. The average Bonchev–Trinajstić information content (AvgIpc) is 3.18. The second-order valence-electron chi connectivity index (χ2n) is 9.71. The maximum absolute atomic E-state index is 13.6. The molecule has 3 aliphatic rings. The fourth-order valence-corrected chi connectivity index (χ4v) is 4.63. The van der Waals surface area contributed by atoms with E-state index >= 15 is 0 Å². The number of nitrogens with zero attached hydrogens (tertiary/aromatic N) is 2. The van der Waals surface area contributed by atoms with E-state index in [0.29, 0.717) is 45.4 Å². The molecule has 8 nitrogen and oxygen atoms in total. The van der Waals surface area contributed by atoms with Crippen molar-refractivity contribution in [1.29, 1.82) is 0 Å². The van der Waals surface area contributed by atoms with Gasteiger partial charge in [0.25, 0.3) is 5.85 Å². The first-order valence-corrected chi connectivity index (χ1v) is 11.4. The summed E-state index contributed by atoms with van der Waals surface area (Å²) in [5.74, 6) is -1.96. The number of rotatable bonds is 7. The Balaban J connectivity index is 1.78. The van der Waals surface area contributed by atoms with Gasteiger partial charge in [-0.2, -0.15) is 0 Å². The molecular formula is C22H38N2O6. The summed E-state index contributed by atoms with van der Waals surface area (Å²) in [5.41, 5.74) is -0.642. The van der Waals surface area contributed by atoms with Crippen LogP contribution in [0, 0.1) is 5.92 Å². The molecule has 2 saturated heterocycles. The van der Waals surface area contributed by atoms with E-state index in [0.717, 1.165) is 25.9 Å². The van der Waals surface area contributed by atoms with Gasteiger partial charge in [-0.1, -0.05) is 0 Å². The van der Waals surface area contributed by atoms with Crippen LogP contribution in [-0.4, -0.2) is 83.3 Å². The standard InChI is InChI=1S/C22H38N2O6/c1-5-28-19(26)16-8-10-18(11-9-16)29-22(23-12-6-7-13-23,24-14-17(25)15-24)20(27)30-21(2,3)4/h16-18,25H,5-15H2,1-4H3. The van der Waals surface area contributed by atoms with Crippen molar-refractivity contribution in [1.82, 2.24) is 9.80 Å². The molecular weight excluding hydrogens is 388 g/mol. The second-order valence-corrected chi connectivity index (χ2v) is 9.71. The van der Waals surface area contributed by atoms with Gasteiger partial charge in [-0.15, -0.1) is 0 Å². The predicted molar refractivity (Wildman–Crippen MR) is 110 cm³/mol. The smallest absolute Gasteiger partial charge is 0.371 e. The first-order valence-electron chi connectivity index (χ1n) is 11.4. The Labute approximate surface area is 179 Å². The van der Waals surface area contributed by atoms with Crippen LogP contribution >= 0.6 is 0 Å². The van der Waals surface area contributed by atoms with Gasteiger partial charge in [-0.3, -0.25) is 9.69 Å². The number of likely N-dealkylation sites (tertiary alicyclic amines) is 2. The highest BCUT2D eigenvalue weighted by atomic mass is 16.6. The minimum Gasteiger partial charge on any atom is -0.466 e. The Morgan fingerprint density at radius 2 is 1.60 bits per heavy atom. The maximum Gasteiger partial charge on any atom is 0.371 e. The molecule has 8 heteroatoms. The zero-order chi connectivity index (χ0) is 21.9. The SMILES string of the molecule is CCOC(=O)C1CCC(OC(C(=O)OC(C)(C)C)(N2CCCC2)N2CC(O)C2)CC1. The molecule has 0 spiro atoms. The van der Waals surface area contributed by atoms with Crippen LogP contribution in [0.5, 0.6) is 0 Å². The molecule has 3 fully saturated rings. The van der Waals surface area contributed by atoms with Crippen LogP contribution in [0.4, 0.5) is 0 Å². The van der Waals surface area contributed by atoms with Crippen LogP contribution < -0.4 is 0 Å². The number of aliphatic hydroxyl groups excluding tert-OH is 1. The van der Waals surface area contributed by atoms with E-state index < -0.39 is 23.5 Å². The van der Waals surface area contributed by atoms with Crippen LogP contribution in [0.25, 0.3) is 0 Å². The summed E-state index contributed by atoms with van der Waals surface area (Å²) in [5, 5.41) is 9.97. The minimum absolute atomic E-state index is 0.0988. The molecule has 3 rings (SSSR count). The number of carbonyl (C=O) groups excluding carboxylic acids is 2. The summed E-state index contributed by atoms with van der Waals surface area (Å²) in [4.78, 5) is 29.6. The van der Waals surface area contributed by atoms with E-state index in [4.69, 9.17) is 14.2 Å². The van der Waals surface area contributed by atoms with Crippen molar-refractivity contribution >= 4 is 11.9 Å². The zero-order valence-corrected chi connectivity index (χ0v) is 18.9. The molecule has 1 saturated carbocycles. The van der Waals surface area contributed by atoms with Gasteiger partial charge in [-0.05, 0) is 66.2 Å².